The van der Waals surface area contributed by atoms with Gasteiger partial charge in [-0.05, 0) is 43.4 Å². The van der Waals surface area contributed by atoms with Crippen LogP contribution in [0.25, 0.3) is 0 Å². The van der Waals surface area contributed by atoms with E-state index in [0.717, 1.165) is 24.8 Å². The average molecular weight is 239 g/mol. The van der Waals surface area contributed by atoms with Crippen LogP contribution in [-0.2, 0) is 0 Å². The number of hydrogen-bond donors (Lipinski definition) is 2. The molecule has 0 radical (unpaired) electrons. The van der Waals surface area contributed by atoms with E-state index in [4.69, 9.17) is 0 Å². The van der Waals surface area contributed by atoms with E-state index in [-0.39, 0.29) is 6.10 Å². The Bertz CT molecular complexity index is 221. The Labute approximate surface area is 106 Å². The highest BCUT2D eigenvalue weighted by atomic mass is 16.3. The maximum absolute atomic E-state index is 9.99. The van der Waals surface area contributed by atoms with Gasteiger partial charge in [-0.3, -0.25) is 0 Å². The van der Waals surface area contributed by atoms with Gasteiger partial charge in [-0.2, -0.15) is 0 Å². The number of nitrogens with one attached hydrogen (secondary N) is 1. The van der Waals surface area contributed by atoms with E-state index in [1.165, 1.54) is 38.5 Å². The molecule has 2 heteroatoms. The van der Waals surface area contributed by atoms with E-state index in [2.05, 4.69) is 19.2 Å². The summed E-state index contributed by atoms with van der Waals surface area (Å²) in [5, 5.41) is 13.8. The molecule has 0 aromatic heterocycles. The van der Waals surface area contributed by atoms with Crippen molar-refractivity contribution in [3.8, 4) is 0 Å². The standard InChI is InChI=1S/C15H29NO/c1-11-6-5-7-12(2)15(11)16-10-13-8-3-4-9-14(13)17/h11-17H,3-10H2,1-2H3. The zero-order valence-corrected chi connectivity index (χ0v) is 11.5. The second kappa shape index (κ2) is 6.19. The molecule has 0 aromatic carbocycles. The Morgan fingerprint density at radius 2 is 1.59 bits per heavy atom. The van der Waals surface area contributed by atoms with Gasteiger partial charge in [0.1, 0.15) is 0 Å². The summed E-state index contributed by atoms with van der Waals surface area (Å²) in [5.74, 6) is 2.11. The van der Waals surface area contributed by atoms with E-state index in [1.807, 2.05) is 0 Å². The molecule has 2 aliphatic carbocycles. The lowest BCUT2D eigenvalue weighted by molar-refractivity contribution is 0.0631. The highest BCUT2D eigenvalue weighted by molar-refractivity contribution is 4.85. The highest BCUT2D eigenvalue weighted by Crippen LogP contribution is 2.30. The monoisotopic (exact) mass is 239 g/mol. The van der Waals surface area contributed by atoms with Crippen molar-refractivity contribution in [2.75, 3.05) is 6.54 Å². The smallest absolute Gasteiger partial charge is 0.0580 e. The van der Waals surface area contributed by atoms with E-state index >= 15 is 0 Å². The van der Waals surface area contributed by atoms with Crippen molar-refractivity contribution in [2.24, 2.45) is 17.8 Å². The van der Waals surface area contributed by atoms with Crippen LogP contribution in [0.4, 0.5) is 0 Å². The molecular formula is C15H29NO. The van der Waals surface area contributed by atoms with Gasteiger partial charge in [0.2, 0.25) is 0 Å². The molecule has 0 amide bonds. The SMILES string of the molecule is CC1CCCC(C)C1NCC1CCCCC1O. The number of hydrogen-bond acceptors (Lipinski definition) is 2. The van der Waals surface area contributed by atoms with E-state index in [9.17, 15) is 5.11 Å². The number of aliphatic hydroxyl groups excluding tert-OH is 1. The third-order valence-electron chi connectivity index (χ3n) is 5.03. The van der Waals surface area contributed by atoms with Crippen molar-refractivity contribution in [1.29, 1.82) is 0 Å². The number of aliphatic hydroxyl groups is 1. The first-order valence-electron chi connectivity index (χ1n) is 7.60. The molecule has 2 nitrogen and oxygen atoms in total. The minimum absolute atomic E-state index is 0.0505. The summed E-state index contributed by atoms with van der Waals surface area (Å²) in [6, 6.07) is 0.679. The lowest BCUT2D eigenvalue weighted by Gasteiger charge is -2.37. The fourth-order valence-corrected chi connectivity index (χ4v) is 3.80. The first kappa shape index (κ1) is 13.4. The summed E-state index contributed by atoms with van der Waals surface area (Å²) in [4.78, 5) is 0. The van der Waals surface area contributed by atoms with Crippen LogP contribution in [0.5, 0.6) is 0 Å². The van der Waals surface area contributed by atoms with Gasteiger partial charge in [0.15, 0.2) is 0 Å². The summed E-state index contributed by atoms with van der Waals surface area (Å²) in [5.41, 5.74) is 0. The predicted octanol–water partition coefficient (Wildman–Crippen LogP) is 2.95. The van der Waals surface area contributed by atoms with Gasteiger partial charge in [-0.25, -0.2) is 0 Å². The van der Waals surface area contributed by atoms with Crippen LogP contribution >= 0.6 is 0 Å². The molecule has 2 rings (SSSR count). The van der Waals surface area contributed by atoms with Gasteiger partial charge < -0.3 is 10.4 Å². The third-order valence-corrected chi connectivity index (χ3v) is 5.03. The predicted molar refractivity (Wildman–Crippen MR) is 71.9 cm³/mol. The van der Waals surface area contributed by atoms with Crippen LogP contribution in [0.15, 0.2) is 0 Å². The van der Waals surface area contributed by atoms with Gasteiger partial charge >= 0.3 is 0 Å². The third kappa shape index (κ3) is 3.45. The summed E-state index contributed by atoms with van der Waals surface area (Å²) < 4.78 is 0. The zero-order chi connectivity index (χ0) is 12.3. The molecule has 0 aromatic rings. The largest absolute Gasteiger partial charge is 0.393 e. The Balaban J connectivity index is 1.79. The summed E-state index contributed by atoms with van der Waals surface area (Å²) in [6.07, 6.45) is 8.83. The minimum atomic E-state index is -0.0505. The van der Waals surface area contributed by atoms with Gasteiger partial charge in [-0.15, -0.1) is 0 Å². The van der Waals surface area contributed by atoms with E-state index in [0.29, 0.717) is 12.0 Å². The molecule has 2 N–H and O–H groups in total. The van der Waals surface area contributed by atoms with Gasteiger partial charge in [0.05, 0.1) is 6.10 Å². The second-order valence-electron chi connectivity index (χ2n) is 6.43. The highest BCUT2D eigenvalue weighted by Gasteiger charge is 2.29. The van der Waals surface area contributed by atoms with Crippen LogP contribution < -0.4 is 5.32 Å². The molecule has 100 valence electrons. The fraction of sp³-hybridized carbons (Fsp3) is 1.00. The quantitative estimate of drug-likeness (QED) is 0.793. The van der Waals surface area contributed by atoms with Crippen LogP contribution in [0.1, 0.15) is 58.8 Å². The first-order valence-corrected chi connectivity index (χ1v) is 7.60. The second-order valence-corrected chi connectivity index (χ2v) is 6.43. The Kier molecular flexibility index (Phi) is 4.87. The summed E-state index contributed by atoms with van der Waals surface area (Å²) in [7, 11) is 0. The molecule has 0 heterocycles. The van der Waals surface area contributed by atoms with E-state index in [1.54, 1.807) is 0 Å². The average Bonchev–Trinajstić information content (AvgIpc) is 2.30. The topological polar surface area (TPSA) is 32.3 Å². The minimum Gasteiger partial charge on any atom is -0.393 e. The Morgan fingerprint density at radius 3 is 2.24 bits per heavy atom. The maximum atomic E-state index is 9.99. The molecule has 0 bridgehead atoms. The molecule has 17 heavy (non-hydrogen) atoms. The lowest BCUT2D eigenvalue weighted by atomic mass is 9.78. The van der Waals surface area contributed by atoms with Crippen LogP contribution in [-0.4, -0.2) is 23.8 Å². The molecule has 2 fully saturated rings. The van der Waals surface area contributed by atoms with Crippen molar-refractivity contribution < 1.29 is 5.11 Å². The first-order chi connectivity index (χ1) is 8.18. The van der Waals surface area contributed by atoms with Gasteiger partial charge in [0.25, 0.3) is 0 Å². The van der Waals surface area contributed by atoms with Crippen molar-refractivity contribution in [3.05, 3.63) is 0 Å². The molecule has 2 saturated carbocycles. The molecular weight excluding hydrogens is 210 g/mol. The lowest BCUT2D eigenvalue weighted by Crippen LogP contribution is -2.46. The van der Waals surface area contributed by atoms with Crippen LogP contribution in [0, 0.1) is 17.8 Å². The normalized spacial score (nSPS) is 43.6. The van der Waals surface area contributed by atoms with Crippen LogP contribution in [0.3, 0.4) is 0 Å². The molecule has 0 aliphatic heterocycles. The Morgan fingerprint density at radius 1 is 0.941 bits per heavy atom. The van der Waals surface area contributed by atoms with Crippen molar-refractivity contribution in [2.45, 2.75) is 70.9 Å². The van der Waals surface area contributed by atoms with Gasteiger partial charge in [0, 0.05) is 12.6 Å². The maximum Gasteiger partial charge on any atom is 0.0580 e. The van der Waals surface area contributed by atoms with E-state index < -0.39 is 0 Å². The zero-order valence-electron chi connectivity index (χ0n) is 11.5. The molecule has 0 spiro atoms. The Hall–Kier alpha value is -0.0800. The molecule has 4 atom stereocenters. The molecule has 4 unspecified atom stereocenters. The van der Waals surface area contributed by atoms with Crippen molar-refractivity contribution in [3.63, 3.8) is 0 Å². The fourth-order valence-electron chi connectivity index (χ4n) is 3.80. The van der Waals surface area contributed by atoms with Crippen molar-refractivity contribution in [1.82, 2.24) is 5.32 Å². The number of rotatable bonds is 3. The molecule has 0 saturated heterocycles. The summed E-state index contributed by atoms with van der Waals surface area (Å²) in [6.45, 7) is 5.79. The van der Waals surface area contributed by atoms with Crippen LogP contribution in [0.2, 0.25) is 0 Å². The summed E-state index contributed by atoms with van der Waals surface area (Å²) >= 11 is 0. The molecule has 2 aliphatic rings. The van der Waals surface area contributed by atoms with Gasteiger partial charge in [-0.1, -0.05) is 33.1 Å². The van der Waals surface area contributed by atoms with Crippen molar-refractivity contribution >= 4 is 0 Å².